The maximum Gasteiger partial charge on any atom is 0.322 e. The largest absolute Gasteiger partial charge is 0.468 e. The molecule has 0 aliphatic carbocycles. The lowest BCUT2D eigenvalue weighted by atomic mass is 10.1. The van der Waals surface area contributed by atoms with E-state index in [1.807, 2.05) is 30.3 Å². The molecule has 0 radical (unpaired) electrons. The molecule has 0 saturated heterocycles. The number of hydrogen-bond donors (Lipinski definition) is 1. The average molecular weight is 237 g/mol. The molecule has 4 nitrogen and oxygen atoms in total. The lowest BCUT2D eigenvalue weighted by molar-refractivity contribution is -0.142. The third kappa shape index (κ3) is 4.17. The summed E-state index contributed by atoms with van der Waals surface area (Å²) in [6.07, 6.45) is 0. The van der Waals surface area contributed by atoms with Crippen LogP contribution >= 0.6 is 0 Å². The molecule has 0 aliphatic rings. The van der Waals surface area contributed by atoms with E-state index in [0.717, 1.165) is 5.56 Å². The van der Waals surface area contributed by atoms with Crippen molar-refractivity contribution in [1.82, 2.24) is 5.32 Å². The normalized spacial score (nSPS) is 14.1. The van der Waals surface area contributed by atoms with Crippen LogP contribution in [0.15, 0.2) is 30.3 Å². The van der Waals surface area contributed by atoms with E-state index >= 15 is 0 Å². The molecule has 0 heterocycles. The highest BCUT2D eigenvalue weighted by Gasteiger charge is 2.19. The zero-order valence-electron chi connectivity index (χ0n) is 10.5. The van der Waals surface area contributed by atoms with Crippen molar-refractivity contribution in [3.63, 3.8) is 0 Å². The smallest absolute Gasteiger partial charge is 0.322 e. The summed E-state index contributed by atoms with van der Waals surface area (Å²) in [6, 6.07) is 9.50. The fourth-order valence-electron chi connectivity index (χ4n) is 1.64. The van der Waals surface area contributed by atoms with E-state index < -0.39 is 0 Å². The van der Waals surface area contributed by atoms with E-state index in [4.69, 9.17) is 4.74 Å². The first-order valence-electron chi connectivity index (χ1n) is 5.56. The van der Waals surface area contributed by atoms with Crippen LogP contribution < -0.4 is 5.32 Å². The van der Waals surface area contributed by atoms with Crippen molar-refractivity contribution in [1.29, 1.82) is 0 Å². The Labute approximate surface area is 102 Å². The van der Waals surface area contributed by atoms with Crippen LogP contribution in [0.5, 0.6) is 0 Å². The van der Waals surface area contributed by atoms with E-state index in [0.29, 0.717) is 6.61 Å². The Hall–Kier alpha value is -1.39. The van der Waals surface area contributed by atoms with Crippen molar-refractivity contribution in [2.45, 2.75) is 19.0 Å². The number of rotatable bonds is 6. The highest BCUT2D eigenvalue weighted by molar-refractivity contribution is 5.75. The number of ether oxygens (including phenoxy) is 2. The molecular weight excluding hydrogens is 218 g/mol. The summed E-state index contributed by atoms with van der Waals surface area (Å²) in [5.74, 6) is -0.276. The minimum Gasteiger partial charge on any atom is -0.468 e. The van der Waals surface area contributed by atoms with Gasteiger partial charge in [-0.2, -0.15) is 0 Å². The second kappa shape index (κ2) is 7.04. The molecule has 0 saturated carbocycles. The van der Waals surface area contributed by atoms with Gasteiger partial charge in [0.1, 0.15) is 6.04 Å². The second-order valence-corrected chi connectivity index (χ2v) is 3.83. The third-order valence-corrected chi connectivity index (χ3v) is 2.54. The molecule has 1 aromatic carbocycles. The zero-order chi connectivity index (χ0) is 12.7. The summed E-state index contributed by atoms with van der Waals surface area (Å²) in [6.45, 7) is 2.28. The molecule has 0 fully saturated rings. The number of benzene rings is 1. The molecule has 94 valence electrons. The molecule has 0 aromatic heterocycles. The first-order chi connectivity index (χ1) is 8.19. The molecule has 0 aliphatic heterocycles. The molecule has 0 spiro atoms. The Morgan fingerprint density at radius 2 is 1.94 bits per heavy atom. The maximum atomic E-state index is 11.4. The van der Waals surface area contributed by atoms with Crippen LogP contribution in [-0.4, -0.2) is 32.8 Å². The van der Waals surface area contributed by atoms with Gasteiger partial charge in [0.05, 0.1) is 19.8 Å². The van der Waals surface area contributed by atoms with Gasteiger partial charge in [-0.05, 0) is 12.5 Å². The lowest BCUT2D eigenvalue weighted by Gasteiger charge is -2.21. The average Bonchev–Trinajstić information content (AvgIpc) is 2.38. The topological polar surface area (TPSA) is 47.6 Å². The first kappa shape index (κ1) is 13.7. The Kier molecular flexibility index (Phi) is 5.66. The van der Waals surface area contributed by atoms with Crippen molar-refractivity contribution in [3.8, 4) is 0 Å². The minimum absolute atomic E-state index is 0.0182. The number of methoxy groups -OCH3 is 2. The van der Waals surface area contributed by atoms with Gasteiger partial charge in [-0.1, -0.05) is 30.3 Å². The summed E-state index contributed by atoms with van der Waals surface area (Å²) in [5, 5.41) is 3.19. The number of nitrogens with one attached hydrogen (secondary N) is 1. The predicted molar refractivity (Wildman–Crippen MR) is 65.7 cm³/mol. The molecular formula is C13H19NO3. The van der Waals surface area contributed by atoms with Gasteiger partial charge in [0, 0.05) is 7.11 Å². The van der Waals surface area contributed by atoms with E-state index in [1.54, 1.807) is 14.0 Å². The van der Waals surface area contributed by atoms with Gasteiger partial charge in [-0.25, -0.2) is 0 Å². The fraction of sp³-hybridized carbons (Fsp3) is 0.462. The summed E-state index contributed by atoms with van der Waals surface area (Å²) in [7, 11) is 3.02. The van der Waals surface area contributed by atoms with E-state index in [-0.39, 0.29) is 18.1 Å². The molecule has 1 aromatic rings. The molecule has 17 heavy (non-hydrogen) atoms. The van der Waals surface area contributed by atoms with Gasteiger partial charge in [0.15, 0.2) is 0 Å². The van der Waals surface area contributed by atoms with Crippen LogP contribution in [0, 0.1) is 0 Å². The Bertz CT molecular complexity index is 340. The van der Waals surface area contributed by atoms with Crippen LogP contribution in [-0.2, 0) is 14.3 Å². The summed E-state index contributed by atoms with van der Waals surface area (Å²) in [5.41, 5.74) is 1.09. The van der Waals surface area contributed by atoms with Gasteiger partial charge in [-0.3, -0.25) is 10.1 Å². The molecule has 1 N–H and O–H groups in total. The second-order valence-electron chi connectivity index (χ2n) is 3.83. The number of hydrogen-bond acceptors (Lipinski definition) is 4. The minimum atomic E-state index is -0.361. The predicted octanol–water partition coefficient (Wildman–Crippen LogP) is 1.53. The quantitative estimate of drug-likeness (QED) is 0.762. The fourth-order valence-corrected chi connectivity index (χ4v) is 1.64. The molecule has 1 rings (SSSR count). The van der Waals surface area contributed by atoms with Crippen LogP contribution in [0.2, 0.25) is 0 Å². The van der Waals surface area contributed by atoms with Gasteiger partial charge < -0.3 is 9.47 Å². The van der Waals surface area contributed by atoms with Crippen LogP contribution in [0.25, 0.3) is 0 Å². The van der Waals surface area contributed by atoms with Crippen molar-refractivity contribution in [3.05, 3.63) is 35.9 Å². The number of carbonyl (C=O) groups excluding carboxylic acids is 1. The van der Waals surface area contributed by atoms with Crippen molar-refractivity contribution in [2.75, 3.05) is 20.8 Å². The van der Waals surface area contributed by atoms with E-state index in [1.165, 1.54) is 7.11 Å². The summed E-state index contributed by atoms with van der Waals surface area (Å²) < 4.78 is 9.84. The van der Waals surface area contributed by atoms with E-state index in [2.05, 4.69) is 10.1 Å². The zero-order valence-corrected chi connectivity index (χ0v) is 10.5. The monoisotopic (exact) mass is 237 g/mol. The van der Waals surface area contributed by atoms with Crippen molar-refractivity contribution in [2.24, 2.45) is 0 Å². The van der Waals surface area contributed by atoms with Crippen molar-refractivity contribution < 1.29 is 14.3 Å². The van der Waals surface area contributed by atoms with E-state index in [9.17, 15) is 4.79 Å². The number of esters is 1. The summed E-state index contributed by atoms with van der Waals surface area (Å²) in [4.78, 5) is 11.4. The maximum absolute atomic E-state index is 11.4. The van der Waals surface area contributed by atoms with Crippen LogP contribution in [0.1, 0.15) is 18.5 Å². The van der Waals surface area contributed by atoms with Crippen LogP contribution in [0.4, 0.5) is 0 Å². The Balaban J connectivity index is 2.70. The van der Waals surface area contributed by atoms with Gasteiger partial charge >= 0.3 is 5.97 Å². The molecule has 4 heteroatoms. The molecule has 0 amide bonds. The van der Waals surface area contributed by atoms with Gasteiger partial charge in [0.25, 0.3) is 0 Å². The first-order valence-corrected chi connectivity index (χ1v) is 5.56. The van der Waals surface area contributed by atoms with Gasteiger partial charge in [-0.15, -0.1) is 0 Å². The van der Waals surface area contributed by atoms with Gasteiger partial charge in [0.2, 0.25) is 0 Å². The standard InChI is InChI=1S/C13H19NO3/c1-10(13(15)17-3)14-12(9-16-2)11-7-5-4-6-8-11/h4-8,10,12,14H,9H2,1-3H3/t10-,12-/m0/s1. The Morgan fingerprint density at radius 3 is 2.47 bits per heavy atom. The third-order valence-electron chi connectivity index (χ3n) is 2.54. The number of carbonyl (C=O) groups is 1. The lowest BCUT2D eigenvalue weighted by Crippen LogP contribution is -2.39. The molecule has 0 bridgehead atoms. The Morgan fingerprint density at radius 1 is 1.29 bits per heavy atom. The highest BCUT2D eigenvalue weighted by atomic mass is 16.5. The molecule has 2 atom stereocenters. The van der Waals surface area contributed by atoms with Crippen molar-refractivity contribution >= 4 is 5.97 Å². The highest BCUT2D eigenvalue weighted by Crippen LogP contribution is 2.13. The SMILES string of the molecule is COC[C@H](N[C@@H](C)C(=O)OC)c1ccccc1. The van der Waals surface area contributed by atoms with Crippen LogP contribution in [0.3, 0.4) is 0 Å². The molecule has 0 unspecified atom stereocenters. The summed E-state index contributed by atoms with van der Waals surface area (Å²) >= 11 is 0.